The van der Waals surface area contributed by atoms with Crippen LogP contribution in [0.3, 0.4) is 0 Å². The third-order valence-corrected chi connectivity index (χ3v) is 6.19. The largest absolute Gasteiger partial charge is 0.507 e. The van der Waals surface area contributed by atoms with Gasteiger partial charge in [-0.1, -0.05) is 43.2 Å². The fourth-order valence-electron chi connectivity index (χ4n) is 3.48. The molecule has 1 aliphatic rings. The fourth-order valence-corrected chi connectivity index (χ4v) is 4.43. The molecule has 0 aliphatic heterocycles. The van der Waals surface area contributed by atoms with E-state index < -0.39 is 5.91 Å². The lowest BCUT2D eigenvalue weighted by atomic mass is 10.1. The summed E-state index contributed by atoms with van der Waals surface area (Å²) >= 11 is 1.74. The number of carbonyl (C=O) groups is 1. The zero-order valence-electron chi connectivity index (χ0n) is 17.0. The number of nitrogens with two attached hydrogens (primary N) is 1. The lowest BCUT2D eigenvalue weighted by Crippen LogP contribution is -2.18. The number of nitriles is 1. The van der Waals surface area contributed by atoms with Crippen molar-refractivity contribution >= 4 is 34.8 Å². The number of benzene rings is 3. The number of hydrogen-bond acceptors (Lipinski definition) is 6. The first-order valence-corrected chi connectivity index (χ1v) is 10.8. The van der Waals surface area contributed by atoms with Gasteiger partial charge in [-0.15, -0.1) is 0 Å². The van der Waals surface area contributed by atoms with Crippen molar-refractivity contribution in [2.24, 2.45) is 5.73 Å². The van der Waals surface area contributed by atoms with E-state index in [9.17, 15) is 4.79 Å². The molecule has 3 aromatic carbocycles. The molecule has 0 saturated heterocycles. The minimum Gasteiger partial charge on any atom is -0.507 e. The monoisotopic (exact) mass is 432 g/mol. The summed E-state index contributed by atoms with van der Waals surface area (Å²) in [7, 11) is 0. The molecule has 158 valence electrons. The molecule has 1 saturated carbocycles. The van der Waals surface area contributed by atoms with Crippen molar-refractivity contribution in [1.29, 1.82) is 10.7 Å². The van der Waals surface area contributed by atoms with Crippen LogP contribution < -0.4 is 10.5 Å². The second-order valence-corrected chi connectivity index (χ2v) is 8.13. The predicted molar refractivity (Wildman–Crippen MR) is 124 cm³/mol. The number of nitrogens with one attached hydrogen (secondary N) is 2. The highest BCUT2D eigenvalue weighted by Gasteiger charge is 2.15. The average Bonchev–Trinajstić information content (AvgIpc) is 3.31. The van der Waals surface area contributed by atoms with Gasteiger partial charge in [0.25, 0.3) is 0 Å². The van der Waals surface area contributed by atoms with Gasteiger partial charge < -0.3 is 16.2 Å². The Morgan fingerprint density at radius 2 is 1.87 bits per heavy atom. The fraction of sp³-hybridized carbons (Fsp3) is 0.208. The SMILES string of the molecule is N#Cc1cc(C(N)=O)ccc1O.N=Cc1ccc(SNC2CCCC2)c2ccccc12. The van der Waals surface area contributed by atoms with Gasteiger partial charge in [0.05, 0.1) is 5.56 Å². The highest BCUT2D eigenvalue weighted by molar-refractivity contribution is 7.97. The summed E-state index contributed by atoms with van der Waals surface area (Å²) in [5.41, 5.74) is 6.20. The number of rotatable bonds is 5. The maximum Gasteiger partial charge on any atom is 0.248 e. The van der Waals surface area contributed by atoms with Gasteiger partial charge in [-0.3, -0.25) is 9.52 Å². The summed E-state index contributed by atoms with van der Waals surface area (Å²) in [6.45, 7) is 0. The molecular weight excluding hydrogens is 408 g/mol. The Morgan fingerprint density at radius 3 is 2.52 bits per heavy atom. The van der Waals surface area contributed by atoms with E-state index in [1.54, 1.807) is 18.0 Å². The molecule has 0 atom stereocenters. The van der Waals surface area contributed by atoms with Crippen molar-refractivity contribution in [3.8, 4) is 11.8 Å². The Labute approximate surface area is 185 Å². The molecule has 4 rings (SSSR count). The number of hydrogen-bond donors (Lipinski definition) is 4. The van der Waals surface area contributed by atoms with Gasteiger partial charge in [-0.05, 0) is 65.4 Å². The highest BCUT2D eigenvalue weighted by atomic mass is 32.2. The first kappa shape index (κ1) is 22.3. The smallest absolute Gasteiger partial charge is 0.248 e. The van der Waals surface area contributed by atoms with Gasteiger partial charge >= 0.3 is 0 Å². The van der Waals surface area contributed by atoms with Crippen LogP contribution in [-0.2, 0) is 0 Å². The number of aromatic hydroxyl groups is 1. The third kappa shape index (κ3) is 5.63. The average molecular weight is 433 g/mol. The molecule has 6 nitrogen and oxygen atoms in total. The predicted octanol–water partition coefficient (Wildman–Crippen LogP) is 4.74. The van der Waals surface area contributed by atoms with Crippen molar-refractivity contribution in [2.75, 3.05) is 0 Å². The first-order chi connectivity index (χ1) is 15.0. The van der Waals surface area contributed by atoms with Gasteiger partial charge in [-0.25, -0.2) is 0 Å². The number of nitrogens with zero attached hydrogens (tertiary/aromatic N) is 1. The first-order valence-electron chi connectivity index (χ1n) is 10.0. The molecule has 1 aliphatic carbocycles. The Bertz CT molecular complexity index is 1130. The molecule has 0 unspecified atom stereocenters. The summed E-state index contributed by atoms with van der Waals surface area (Å²) in [5.74, 6) is -0.769. The topological polar surface area (TPSA) is 123 Å². The highest BCUT2D eigenvalue weighted by Crippen LogP contribution is 2.30. The summed E-state index contributed by atoms with van der Waals surface area (Å²) in [4.78, 5) is 11.9. The zero-order valence-corrected chi connectivity index (χ0v) is 17.8. The zero-order chi connectivity index (χ0) is 22.2. The van der Waals surface area contributed by atoms with E-state index in [4.69, 9.17) is 21.5 Å². The van der Waals surface area contributed by atoms with Crippen molar-refractivity contribution in [3.05, 3.63) is 71.3 Å². The molecule has 0 bridgehead atoms. The maximum absolute atomic E-state index is 10.6. The normalized spacial score (nSPS) is 13.3. The van der Waals surface area contributed by atoms with Gasteiger partial charge in [0, 0.05) is 22.7 Å². The maximum atomic E-state index is 10.6. The van der Waals surface area contributed by atoms with E-state index in [1.807, 2.05) is 12.1 Å². The molecule has 31 heavy (non-hydrogen) atoms. The molecule has 1 amide bonds. The van der Waals surface area contributed by atoms with Crippen LogP contribution in [0, 0.1) is 16.7 Å². The quantitative estimate of drug-likeness (QED) is 0.342. The molecule has 0 aromatic heterocycles. The summed E-state index contributed by atoms with van der Waals surface area (Å²) in [5, 5.41) is 27.4. The summed E-state index contributed by atoms with van der Waals surface area (Å²) in [6.07, 6.45) is 6.73. The van der Waals surface area contributed by atoms with Crippen LogP contribution >= 0.6 is 11.9 Å². The number of carbonyl (C=O) groups excluding carboxylic acids is 1. The Hall–Kier alpha value is -3.34. The van der Waals surface area contributed by atoms with E-state index in [0.29, 0.717) is 6.04 Å². The van der Waals surface area contributed by atoms with Crippen LogP contribution in [0.2, 0.25) is 0 Å². The molecule has 1 fully saturated rings. The summed E-state index contributed by atoms with van der Waals surface area (Å²) in [6, 6.07) is 18.8. The van der Waals surface area contributed by atoms with Crippen LogP contribution in [0.25, 0.3) is 10.8 Å². The molecule has 5 N–H and O–H groups in total. The minimum absolute atomic E-state index is 0.0475. The van der Waals surface area contributed by atoms with Crippen LogP contribution in [0.1, 0.15) is 47.2 Å². The number of primary amides is 1. The lowest BCUT2D eigenvalue weighted by Gasteiger charge is -2.13. The van der Waals surface area contributed by atoms with Crippen molar-refractivity contribution < 1.29 is 9.90 Å². The van der Waals surface area contributed by atoms with Crippen LogP contribution in [-0.4, -0.2) is 23.3 Å². The Kier molecular flexibility index (Phi) is 7.65. The van der Waals surface area contributed by atoms with E-state index in [1.165, 1.54) is 60.4 Å². The van der Waals surface area contributed by atoms with E-state index >= 15 is 0 Å². The van der Waals surface area contributed by atoms with Crippen molar-refractivity contribution in [2.45, 2.75) is 36.6 Å². The van der Waals surface area contributed by atoms with Crippen LogP contribution in [0.4, 0.5) is 0 Å². The second kappa shape index (κ2) is 10.6. The van der Waals surface area contributed by atoms with Crippen molar-refractivity contribution in [1.82, 2.24) is 4.72 Å². The minimum atomic E-state index is -0.619. The molecule has 7 heteroatoms. The molecule has 0 radical (unpaired) electrons. The van der Waals surface area contributed by atoms with E-state index in [-0.39, 0.29) is 16.9 Å². The van der Waals surface area contributed by atoms with Gasteiger partial charge in [0.15, 0.2) is 0 Å². The van der Waals surface area contributed by atoms with E-state index in [2.05, 4.69) is 29.0 Å². The molecular formula is C24H24N4O2S. The standard InChI is InChI=1S/C16H18N2S.C8H6N2O2/c17-11-12-9-10-16(15-8-4-3-7-14(12)15)19-18-13-5-1-2-6-13;9-4-6-3-5(8(10)12)1-2-7(6)11/h3-4,7-11,13,17-18H,1-2,5-6H2;1-3,11H,(H2,10,12). The van der Waals surface area contributed by atoms with Crippen molar-refractivity contribution in [3.63, 3.8) is 0 Å². The van der Waals surface area contributed by atoms with Gasteiger partial charge in [0.1, 0.15) is 11.8 Å². The third-order valence-electron chi connectivity index (χ3n) is 5.17. The number of amides is 1. The number of phenolic OH excluding ortho intramolecular Hbond substituents is 1. The Balaban J connectivity index is 0.000000196. The lowest BCUT2D eigenvalue weighted by molar-refractivity contribution is 0.1000. The number of fused-ring (bicyclic) bond motifs is 1. The van der Waals surface area contributed by atoms with Gasteiger partial charge in [-0.2, -0.15) is 5.26 Å². The van der Waals surface area contributed by atoms with Gasteiger partial charge in [0.2, 0.25) is 5.91 Å². The Morgan fingerprint density at radius 1 is 1.16 bits per heavy atom. The molecule has 0 spiro atoms. The molecule has 3 aromatic rings. The summed E-state index contributed by atoms with van der Waals surface area (Å²) < 4.78 is 3.59. The second-order valence-electron chi connectivity index (χ2n) is 7.25. The molecule has 0 heterocycles. The van der Waals surface area contributed by atoms with Crippen LogP contribution in [0.5, 0.6) is 5.75 Å². The van der Waals surface area contributed by atoms with Crippen LogP contribution in [0.15, 0.2) is 59.5 Å². The number of phenols is 1. The van der Waals surface area contributed by atoms with E-state index in [0.717, 1.165) is 10.9 Å².